The molecule has 2 saturated heterocycles. The second-order valence-electron chi connectivity index (χ2n) is 6.15. The first-order valence-electron chi connectivity index (χ1n) is 7.74. The molecule has 0 spiro atoms. The second-order valence-corrected chi connectivity index (χ2v) is 6.15. The molecule has 0 aromatic heterocycles. The van der Waals surface area contributed by atoms with Crippen LogP contribution >= 0.6 is 0 Å². The van der Waals surface area contributed by atoms with Gasteiger partial charge in [0.15, 0.2) is 0 Å². The van der Waals surface area contributed by atoms with Crippen LogP contribution in [0.15, 0.2) is 18.2 Å². The van der Waals surface area contributed by atoms with Gasteiger partial charge in [-0.2, -0.15) is 0 Å². The zero-order valence-corrected chi connectivity index (χ0v) is 12.2. The fourth-order valence-corrected chi connectivity index (χ4v) is 3.51. The van der Waals surface area contributed by atoms with Crippen molar-refractivity contribution in [2.75, 3.05) is 26.2 Å². The van der Waals surface area contributed by atoms with Crippen LogP contribution in [-0.2, 0) is 6.54 Å². The van der Waals surface area contributed by atoms with E-state index in [1.54, 1.807) is 12.1 Å². The second kappa shape index (κ2) is 6.44. The van der Waals surface area contributed by atoms with E-state index < -0.39 is 12.9 Å². The minimum atomic E-state index is -1.75. The monoisotopic (exact) mass is 292 g/mol. The van der Waals surface area contributed by atoms with Gasteiger partial charge in [-0.15, -0.1) is 0 Å². The van der Waals surface area contributed by atoms with E-state index in [0.717, 1.165) is 31.7 Å². The number of fused-ring (bicyclic) bond motifs is 1. The van der Waals surface area contributed by atoms with Crippen LogP contribution in [0.3, 0.4) is 0 Å². The molecule has 0 radical (unpaired) electrons. The predicted octanol–water partition coefficient (Wildman–Crippen LogP) is 0.176. The predicted molar refractivity (Wildman–Crippen MR) is 80.7 cm³/mol. The molecule has 2 aliphatic rings. The van der Waals surface area contributed by atoms with E-state index in [4.69, 9.17) is 0 Å². The Bertz CT molecular complexity index is 501. The maximum atomic E-state index is 13.5. The topological polar surface area (TPSA) is 46.9 Å². The first-order valence-corrected chi connectivity index (χ1v) is 7.74. The fraction of sp³-hybridized carbons (Fsp3) is 0.600. The van der Waals surface area contributed by atoms with Gasteiger partial charge in [0.05, 0.1) is 0 Å². The molecule has 0 aliphatic carbocycles. The summed E-state index contributed by atoms with van der Waals surface area (Å²) in [6.45, 7) is 5.13. The average Bonchev–Trinajstić information content (AvgIpc) is 2.49. The lowest BCUT2D eigenvalue weighted by molar-refractivity contribution is 0.0457. The van der Waals surface area contributed by atoms with Crippen LogP contribution in [-0.4, -0.2) is 59.2 Å². The number of halogens is 1. The Hall–Kier alpha value is -0.945. The summed E-state index contributed by atoms with van der Waals surface area (Å²) in [5, 5.41) is 18.4. The molecule has 2 heterocycles. The molecule has 3 rings (SSSR count). The van der Waals surface area contributed by atoms with E-state index >= 15 is 0 Å². The standard InChI is InChI=1S/C15H22BFN2O2/c17-15-5-4-12(9-14(15)16(20)21)10-18-7-8-19-6-2-1-3-13(19)11-18/h4-5,9,13,20-21H,1-3,6-8,10-11H2. The number of benzene rings is 1. The van der Waals surface area contributed by atoms with Crippen molar-refractivity contribution >= 4 is 12.6 Å². The normalized spacial score (nSPS) is 23.9. The Labute approximate surface area is 125 Å². The Morgan fingerprint density at radius 2 is 2.05 bits per heavy atom. The highest BCUT2D eigenvalue weighted by molar-refractivity contribution is 6.58. The van der Waals surface area contributed by atoms with Gasteiger partial charge < -0.3 is 10.0 Å². The Morgan fingerprint density at radius 1 is 1.19 bits per heavy atom. The first kappa shape index (κ1) is 15.0. The maximum Gasteiger partial charge on any atom is 0.491 e. The largest absolute Gasteiger partial charge is 0.491 e. The molecule has 2 N–H and O–H groups in total. The van der Waals surface area contributed by atoms with Crippen LogP contribution in [0.25, 0.3) is 0 Å². The van der Waals surface area contributed by atoms with Gasteiger partial charge >= 0.3 is 7.12 Å². The molecule has 1 aromatic rings. The third-order valence-electron chi connectivity index (χ3n) is 4.67. The number of rotatable bonds is 3. The van der Waals surface area contributed by atoms with Crippen LogP contribution < -0.4 is 5.46 Å². The lowest BCUT2D eigenvalue weighted by atomic mass is 9.79. The summed E-state index contributed by atoms with van der Waals surface area (Å²) < 4.78 is 13.5. The molecule has 2 fully saturated rings. The highest BCUT2D eigenvalue weighted by atomic mass is 19.1. The van der Waals surface area contributed by atoms with Crippen LogP contribution in [0.4, 0.5) is 4.39 Å². The van der Waals surface area contributed by atoms with Gasteiger partial charge in [0, 0.05) is 37.7 Å². The summed E-state index contributed by atoms with van der Waals surface area (Å²) in [7, 11) is -1.75. The van der Waals surface area contributed by atoms with E-state index in [1.165, 1.54) is 31.9 Å². The third kappa shape index (κ3) is 3.45. The summed E-state index contributed by atoms with van der Waals surface area (Å²) in [4.78, 5) is 4.96. The smallest absolute Gasteiger partial charge is 0.423 e. The molecule has 1 atom stereocenters. The quantitative estimate of drug-likeness (QED) is 0.780. The zero-order chi connectivity index (χ0) is 14.8. The van der Waals surface area contributed by atoms with Gasteiger partial charge in [0.1, 0.15) is 5.82 Å². The molecular formula is C15H22BFN2O2. The lowest BCUT2D eigenvalue weighted by Crippen LogP contribution is -2.54. The number of piperazine rings is 1. The fourth-order valence-electron chi connectivity index (χ4n) is 3.51. The van der Waals surface area contributed by atoms with Crippen LogP contribution in [0, 0.1) is 5.82 Å². The molecule has 6 heteroatoms. The van der Waals surface area contributed by atoms with E-state index in [9.17, 15) is 14.4 Å². The van der Waals surface area contributed by atoms with E-state index in [-0.39, 0.29) is 5.46 Å². The molecule has 21 heavy (non-hydrogen) atoms. The molecule has 0 saturated carbocycles. The van der Waals surface area contributed by atoms with Crippen LogP contribution in [0.5, 0.6) is 0 Å². The highest BCUT2D eigenvalue weighted by Crippen LogP contribution is 2.22. The highest BCUT2D eigenvalue weighted by Gasteiger charge is 2.28. The summed E-state index contributed by atoms with van der Waals surface area (Å²) in [5.74, 6) is -0.564. The number of hydrogen-bond acceptors (Lipinski definition) is 4. The van der Waals surface area contributed by atoms with Gasteiger partial charge in [0.25, 0.3) is 0 Å². The van der Waals surface area contributed by atoms with Crippen molar-refractivity contribution in [3.8, 4) is 0 Å². The van der Waals surface area contributed by atoms with Crippen molar-refractivity contribution < 1.29 is 14.4 Å². The number of hydrogen-bond donors (Lipinski definition) is 2. The van der Waals surface area contributed by atoms with E-state index in [1.807, 2.05) is 0 Å². The summed E-state index contributed by atoms with van der Waals surface area (Å²) in [5.41, 5.74) is 0.896. The van der Waals surface area contributed by atoms with E-state index in [2.05, 4.69) is 9.80 Å². The average molecular weight is 292 g/mol. The van der Waals surface area contributed by atoms with Gasteiger partial charge in [0.2, 0.25) is 0 Å². The van der Waals surface area contributed by atoms with Gasteiger partial charge in [-0.1, -0.05) is 18.6 Å². The Balaban J connectivity index is 1.65. The SMILES string of the molecule is OB(O)c1cc(CN2CCN3CCCCC3C2)ccc1F. The summed E-state index contributed by atoms with van der Waals surface area (Å²) in [6, 6.07) is 5.26. The van der Waals surface area contributed by atoms with Gasteiger partial charge in [-0.25, -0.2) is 4.39 Å². The van der Waals surface area contributed by atoms with Crippen molar-refractivity contribution in [1.82, 2.24) is 9.80 Å². The number of piperidine rings is 1. The number of nitrogens with zero attached hydrogens (tertiary/aromatic N) is 2. The Kier molecular flexibility index (Phi) is 4.59. The first-order chi connectivity index (χ1) is 10.1. The molecule has 114 valence electrons. The van der Waals surface area contributed by atoms with Gasteiger partial charge in [-0.05, 0) is 31.0 Å². The molecular weight excluding hydrogens is 270 g/mol. The van der Waals surface area contributed by atoms with Crippen molar-refractivity contribution in [1.29, 1.82) is 0 Å². The molecule has 0 bridgehead atoms. The van der Waals surface area contributed by atoms with Crippen LogP contribution in [0.2, 0.25) is 0 Å². The minimum absolute atomic E-state index is 0.0381. The lowest BCUT2D eigenvalue weighted by Gasteiger charge is -2.44. The summed E-state index contributed by atoms with van der Waals surface area (Å²) >= 11 is 0. The van der Waals surface area contributed by atoms with Crippen molar-refractivity contribution in [3.63, 3.8) is 0 Å². The summed E-state index contributed by atoms with van der Waals surface area (Å²) in [6.07, 6.45) is 3.89. The molecule has 4 nitrogen and oxygen atoms in total. The van der Waals surface area contributed by atoms with Crippen molar-refractivity contribution in [3.05, 3.63) is 29.6 Å². The molecule has 0 amide bonds. The van der Waals surface area contributed by atoms with Gasteiger partial charge in [-0.3, -0.25) is 9.80 Å². The molecule has 2 aliphatic heterocycles. The van der Waals surface area contributed by atoms with E-state index in [0.29, 0.717) is 6.04 Å². The van der Waals surface area contributed by atoms with Crippen molar-refractivity contribution in [2.45, 2.75) is 31.8 Å². The molecule has 1 unspecified atom stereocenters. The van der Waals surface area contributed by atoms with Crippen molar-refractivity contribution in [2.24, 2.45) is 0 Å². The third-order valence-corrected chi connectivity index (χ3v) is 4.67. The molecule has 1 aromatic carbocycles. The Morgan fingerprint density at radius 3 is 2.86 bits per heavy atom. The zero-order valence-electron chi connectivity index (χ0n) is 12.2. The minimum Gasteiger partial charge on any atom is -0.423 e. The maximum absolute atomic E-state index is 13.5. The van der Waals surface area contributed by atoms with Crippen LogP contribution in [0.1, 0.15) is 24.8 Å².